The molecule has 9 heavy (non-hydrogen) atoms. The second kappa shape index (κ2) is 3.85. The van der Waals surface area contributed by atoms with Crippen LogP contribution in [0.5, 0.6) is 0 Å². The zero-order chi connectivity index (χ0) is 6.53. The maximum absolute atomic E-state index is 5.78. The molecule has 0 aromatic rings. The van der Waals surface area contributed by atoms with Crippen LogP contribution in [-0.4, -0.2) is 19.1 Å². The molecule has 1 saturated heterocycles. The predicted octanol–water partition coefficient (Wildman–Crippen LogP) is 0.477. The molecule has 0 aromatic heterocycles. The molecule has 1 fully saturated rings. The van der Waals surface area contributed by atoms with Crippen LogP contribution in [0.15, 0.2) is 0 Å². The van der Waals surface area contributed by atoms with Crippen LogP contribution in [0.25, 0.3) is 0 Å². The smallest absolute Gasteiger partial charge is 0.00397 e. The highest BCUT2D eigenvalue weighted by atomic mass is 14.8. The minimum absolute atomic E-state index is 0.479. The Kier molecular flexibility index (Phi) is 3.01. The van der Waals surface area contributed by atoms with Gasteiger partial charge in [0.2, 0.25) is 0 Å². The van der Waals surface area contributed by atoms with E-state index in [4.69, 9.17) is 5.73 Å². The Morgan fingerprint density at radius 2 is 1.67 bits per heavy atom. The van der Waals surface area contributed by atoms with Crippen molar-refractivity contribution in [2.75, 3.05) is 13.1 Å². The molecule has 1 aliphatic rings. The van der Waals surface area contributed by atoms with Gasteiger partial charge in [-0.25, -0.2) is 0 Å². The number of hydrogen-bond acceptors (Lipinski definition) is 2. The second-order valence-electron chi connectivity index (χ2n) is 2.79. The maximum Gasteiger partial charge on any atom is 0.00397 e. The van der Waals surface area contributed by atoms with Crippen molar-refractivity contribution < 1.29 is 0 Å². The van der Waals surface area contributed by atoms with Crippen molar-refractivity contribution in [3.05, 3.63) is 0 Å². The average Bonchev–Trinajstić information content (AvgIpc) is 1.79. The summed E-state index contributed by atoms with van der Waals surface area (Å²) in [5.74, 6) is 0. The van der Waals surface area contributed by atoms with Gasteiger partial charge in [-0.2, -0.15) is 0 Å². The summed E-state index contributed by atoms with van der Waals surface area (Å²) in [5.41, 5.74) is 5.78. The first-order valence-electron chi connectivity index (χ1n) is 3.86. The Labute approximate surface area is 56.8 Å². The topological polar surface area (TPSA) is 38.0 Å². The van der Waals surface area contributed by atoms with Crippen molar-refractivity contribution in [3.8, 4) is 0 Å². The third-order valence-corrected chi connectivity index (χ3v) is 1.86. The number of rotatable bonds is 0. The first-order valence-corrected chi connectivity index (χ1v) is 3.86. The van der Waals surface area contributed by atoms with Gasteiger partial charge < -0.3 is 11.1 Å². The molecule has 0 spiro atoms. The van der Waals surface area contributed by atoms with Crippen LogP contribution in [0, 0.1) is 0 Å². The minimum atomic E-state index is 0.479. The molecule has 1 aliphatic heterocycles. The van der Waals surface area contributed by atoms with Gasteiger partial charge in [0.15, 0.2) is 0 Å². The van der Waals surface area contributed by atoms with Crippen molar-refractivity contribution in [2.24, 2.45) is 5.73 Å². The molecular weight excluding hydrogens is 112 g/mol. The van der Waals surface area contributed by atoms with E-state index in [1.54, 1.807) is 0 Å². The van der Waals surface area contributed by atoms with Gasteiger partial charge in [-0.3, -0.25) is 0 Å². The molecule has 0 radical (unpaired) electrons. The van der Waals surface area contributed by atoms with Crippen LogP contribution < -0.4 is 11.1 Å². The minimum Gasteiger partial charge on any atom is -0.328 e. The molecule has 0 aromatic carbocycles. The van der Waals surface area contributed by atoms with Gasteiger partial charge in [0.25, 0.3) is 0 Å². The van der Waals surface area contributed by atoms with Gasteiger partial charge in [0.05, 0.1) is 0 Å². The fourth-order valence-corrected chi connectivity index (χ4v) is 1.25. The van der Waals surface area contributed by atoms with Crippen LogP contribution in [0.1, 0.15) is 25.7 Å². The fourth-order valence-electron chi connectivity index (χ4n) is 1.25. The van der Waals surface area contributed by atoms with E-state index in [1.807, 2.05) is 0 Å². The van der Waals surface area contributed by atoms with Gasteiger partial charge in [-0.15, -0.1) is 0 Å². The standard InChI is InChI=1S/C7H16N2/c8-7-3-1-5-9-6-2-4-7/h7,9H,1-6,8H2. The summed E-state index contributed by atoms with van der Waals surface area (Å²) < 4.78 is 0. The summed E-state index contributed by atoms with van der Waals surface area (Å²) in [4.78, 5) is 0. The summed E-state index contributed by atoms with van der Waals surface area (Å²) in [6.07, 6.45) is 4.91. The summed E-state index contributed by atoms with van der Waals surface area (Å²) in [6, 6.07) is 0.479. The van der Waals surface area contributed by atoms with Gasteiger partial charge in [-0.05, 0) is 38.8 Å². The third kappa shape index (κ3) is 2.82. The molecule has 0 atom stereocenters. The average molecular weight is 128 g/mol. The van der Waals surface area contributed by atoms with Gasteiger partial charge >= 0.3 is 0 Å². The molecule has 2 nitrogen and oxygen atoms in total. The summed E-state index contributed by atoms with van der Waals surface area (Å²) >= 11 is 0. The first kappa shape index (κ1) is 7.03. The van der Waals surface area contributed by atoms with Crippen LogP contribution in [-0.2, 0) is 0 Å². The van der Waals surface area contributed by atoms with Gasteiger partial charge in [0, 0.05) is 6.04 Å². The van der Waals surface area contributed by atoms with E-state index in [0.29, 0.717) is 6.04 Å². The van der Waals surface area contributed by atoms with Crippen molar-refractivity contribution in [3.63, 3.8) is 0 Å². The van der Waals surface area contributed by atoms with Crippen LogP contribution in [0.2, 0.25) is 0 Å². The fraction of sp³-hybridized carbons (Fsp3) is 1.00. The molecule has 0 bridgehead atoms. The number of hydrogen-bond donors (Lipinski definition) is 2. The zero-order valence-corrected chi connectivity index (χ0v) is 5.90. The molecular formula is C7H16N2. The Morgan fingerprint density at radius 1 is 1.11 bits per heavy atom. The van der Waals surface area contributed by atoms with Crippen molar-refractivity contribution in [1.82, 2.24) is 5.32 Å². The maximum atomic E-state index is 5.78. The van der Waals surface area contributed by atoms with E-state index < -0.39 is 0 Å². The Hall–Kier alpha value is -0.0800. The Morgan fingerprint density at radius 3 is 2.22 bits per heavy atom. The lowest BCUT2D eigenvalue weighted by atomic mass is 10.1. The van der Waals surface area contributed by atoms with Crippen LogP contribution in [0.4, 0.5) is 0 Å². The van der Waals surface area contributed by atoms with Gasteiger partial charge in [0.1, 0.15) is 0 Å². The van der Waals surface area contributed by atoms with E-state index in [2.05, 4.69) is 5.32 Å². The highest BCUT2D eigenvalue weighted by Crippen LogP contribution is 2.03. The predicted molar refractivity (Wildman–Crippen MR) is 39.3 cm³/mol. The van der Waals surface area contributed by atoms with E-state index >= 15 is 0 Å². The van der Waals surface area contributed by atoms with Crippen LogP contribution >= 0.6 is 0 Å². The van der Waals surface area contributed by atoms with Crippen molar-refractivity contribution in [1.29, 1.82) is 0 Å². The molecule has 1 heterocycles. The monoisotopic (exact) mass is 128 g/mol. The quantitative estimate of drug-likeness (QED) is 0.498. The summed E-state index contributed by atoms with van der Waals surface area (Å²) in [7, 11) is 0. The van der Waals surface area contributed by atoms with E-state index in [0.717, 1.165) is 13.1 Å². The largest absolute Gasteiger partial charge is 0.328 e. The zero-order valence-electron chi connectivity index (χ0n) is 5.90. The van der Waals surface area contributed by atoms with Crippen molar-refractivity contribution >= 4 is 0 Å². The second-order valence-corrected chi connectivity index (χ2v) is 2.79. The molecule has 54 valence electrons. The summed E-state index contributed by atoms with van der Waals surface area (Å²) in [6.45, 7) is 2.32. The normalized spacial score (nSPS) is 25.0. The lowest BCUT2D eigenvalue weighted by Gasteiger charge is -2.15. The molecule has 1 rings (SSSR count). The Balaban J connectivity index is 2.12. The third-order valence-electron chi connectivity index (χ3n) is 1.86. The number of nitrogens with two attached hydrogens (primary N) is 1. The van der Waals surface area contributed by atoms with E-state index in [-0.39, 0.29) is 0 Å². The molecule has 2 heteroatoms. The molecule has 0 unspecified atom stereocenters. The number of nitrogens with one attached hydrogen (secondary N) is 1. The lowest BCUT2D eigenvalue weighted by Crippen LogP contribution is -2.28. The van der Waals surface area contributed by atoms with Crippen molar-refractivity contribution in [2.45, 2.75) is 31.7 Å². The lowest BCUT2D eigenvalue weighted by molar-refractivity contribution is 0.464. The summed E-state index contributed by atoms with van der Waals surface area (Å²) in [5, 5.41) is 3.35. The SMILES string of the molecule is NC1CCCNCCC1. The molecule has 3 N–H and O–H groups in total. The molecule has 0 amide bonds. The van der Waals surface area contributed by atoms with Crippen LogP contribution in [0.3, 0.4) is 0 Å². The molecule has 0 aliphatic carbocycles. The molecule has 0 saturated carbocycles. The Bertz CT molecular complexity index is 65.3. The first-order chi connectivity index (χ1) is 4.39. The van der Waals surface area contributed by atoms with E-state index in [9.17, 15) is 0 Å². The van der Waals surface area contributed by atoms with E-state index in [1.165, 1.54) is 25.7 Å². The highest BCUT2D eigenvalue weighted by molar-refractivity contribution is 4.66. The van der Waals surface area contributed by atoms with Gasteiger partial charge in [-0.1, -0.05) is 0 Å². The highest BCUT2D eigenvalue weighted by Gasteiger charge is 2.04.